The van der Waals surface area contributed by atoms with Gasteiger partial charge in [0.05, 0.1) is 19.9 Å². The third-order valence-electron chi connectivity index (χ3n) is 3.54. The number of hydrogen-bond acceptors (Lipinski definition) is 3. The molecule has 24 heavy (non-hydrogen) atoms. The Bertz CT molecular complexity index is 843. The van der Waals surface area contributed by atoms with Crippen LogP contribution in [-0.4, -0.2) is 22.8 Å². The number of methoxy groups -OCH3 is 1. The lowest BCUT2D eigenvalue weighted by molar-refractivity contribution is 0.102. The number of ether oxygens (including phenoxy) is 1. The predicted octanol–water partition coefficient (Wildman–Crippen LogP) is 3.95. The first-order valence-corrected chi connectivity index (χ1v) is 8.16. The van der Waals surface area contributed by atoms with Crippen LogP contribution in [0.15, 0.2) is 65.3 Å². The third kappa shape index (κ3) is 3.83. The van der Waals surface area contributed by atoms with Crippen LogP contribution < -0.4 is 10.1 Å². The van der Waals surface area contributed by atoms with Crippen molar-refractivity contribution in [3.63, 3.8) is 0 Å². The van der Waals surface area contributed by atoms with Crippen LogP contribution in [0, 0.1) is 0 Å². The van der Waals surface area contributed by atoms with E-state index in [0.717, 1.165) is 10.0 Å². The summed E-state index contributed by atoms with van der Waals surface area (Å²) in [6.07, 6.45) is 1.67. The Hall–Kier alpha value is -2.60. The van der Waals surface area contributed by atoms with Gasteiger partial charge in [-0.3, -0.25) is 4.79 Å². The molecule has 0 fully saturated rings. The Morgan fingerprint density at radius 1 is 1.21 bits per heavy atom. The van der Waals surface area contributed by atoms with Crippen molar-refractivity contribution in [2.45, 2.75) is 6.54 Å². The number of amides is 1. The van der Waals surface area contributed by atoms with E-state index in [9.17, 15) is 4.79 Å². The van der Waals surface area contributed by atoms with Crippen molar-refractivity contribution in [3.8, 4) is 5.75 Å². The van der Waals surface area contributed by atoms with Gasteiger partial charge in [0, 0.05) is 16.1 Å². The minimum Gasteiger partial charge on any atom is -0.497 e. The standard InChI is InChI=1S/C18H16BrN3O2/c1-24-16-4-2-3-14(11-16)18(23)21-17-9-10-20-22(17)12-13-5-7-15(19)8-6-13/h2-11H,12H2,1H3,(H,21,23). The summed E-state index contributed by atoms with van der Waals surface area (Å²) in [6.45, 7) is 0.577. The van der Waals surface area contributed by atoms with Crippen molar-refractivity contribution in [3.05, 3.63) is 76.4 Å². The second-order valence-electron chi connectivity index (χ2n) is 5.19. The number of nitrogens with one attached hydrogen (secondary N) is 1. The summed E-state index contributed by atoms with van der Waals surface area (Å²) in [5.74, 6) is 1.09. The summed E-state index contributed by atoms with van der Waals surface area (Å²) >= 11 is 3.42. The molecule has 0 saturated carbocycles. The number of rotatable bonds is 5. The molecule has 2 aromatic carbocycles. The number of anilines is 1. The molecule has 1 amide bonds. The summed E-state index contributed by atoms with van der Waals surface area (Å²) in [5.41, 5.74) is 1.63. The molecule has 0 aliphatic carbocycles. The number of nitrogens with zero attached hydrogens (tertiary/aromatic N) is 2. The van der Waals surface area contributed by atoms with Crippen molar-refractivity contribution in [1.82, 2.24) is 9.78 Å². The average Bonchev–Trinajstić information content (AvgIpc) is 3.03. The van der Waals surface area contributed by atoms with Gasteiger partial charge in [0.2, 0.25) is 0 Å². The fraction of sp³-hybridized carbons (Fsp3) is 0.111. The van der Waals surface area contributed by atoms with Gasteiger partial charge < -0.3 is 10.1 Å². The second-order valence-corrected chi connectivity index (χ2v) is 6.10. The van der Waals surface area contributed by atoms with Crippen LogP contribution in [0.2, 0.25) is 0 Å². The summed E-state index contributed by atoms with van der Waals surface area (Å²) in [5, 5.41) is 7.17. The maximum Gasteiger partial charge on any atom is 0.256 e. The lowest BCUT2D eigenvalue weighted by Crippen LogP contribution is -2.16. The van der Waals surface area contributed by atoms with Crippen molar-refractivity contribution >= 4 is 27.7 Å². The molecule has 0 atom stereocenters. The van der Waals surface area contributed by atoms with E-state index in [1.807, 2.05) is 24.3 Å². The van der Waals surface area contributed by atoms with Gasteiger partial charge in [-0.05, 0) is 35.9 Å². The molecule has 0 aliphatic rings. The molecule has 0 aliphatic heterocycles. The Morgan fingerprint density at radius 3 is 2.75 bits per heavy atom. The highest BCUT2D eigenvalue weighted by Gasteiger charge is 2.10. The second kappa shape index (κ2) is 7.31. The van der Waals surface area contributed by atoms with Gasteiger partial charge in [-0.2, -0.15) is 5.10 Å². The van der Waals surface area contributed by atoms with Crippen LogP contribution in [0.4, 0.5) is 5.82 Å². The summed E-state index contributed by atoms with van der Waals surface area (Å²) in [7, 11) is 1.57. The summed E-state index contributed by atoms with van der Waals surface area (Å²) in [6, 6.07) is 16.8. The monoisotopic (exact) mass is 385 g/mol. The van der Waals surface area contributed by atoms with Gasteiger partial charge in [-0.25, -0.2) is 4.68 Å². The molecule has 1 N–H and O–H groups in total. The molecule has 122 valence electrons. The van der Waals surface area contributed by atoms with Gasteiger partial charge in [0.25, 0.3) is 5.91 Å². The smallest absolute Gasteiger partial charge is 0.256 e. The molecule has 6 heteroatoms. The Labute approximate surface area is 148 Å². The minimum absolute atomic E-state index is 0.202. The molecule has 1 heterocycles. The van der Waals surface area contributed by atoms with E-state index in [0.29, 0.717) is 23.7 Å². The Balaban J connectivity index is 1.75. The van der Waals surface area contributed by atoms with Gasteiger partial charge in [0.1, 0.15) is 11.6 Å². The summed E-state index contributed by atoms with van der Waals surface area (Å²) in [4.78, 5) is 12.4. The number of aromatic nitrogens is 2. The Kier molecular flexibility index (Phi) is 4.96. The quantitative estimate of drug-likeness (QED) is 0.723. The van der Waals surface area contributed by atoms with E-state index in [4.69, 9.17) is 4.74 Å². The third-order valence-corrected chi connectivity index (χ3v) is 4.06. The van der Waals surface area contributed by atoms with E-state index >= 15 is 0 Å². The van der Waals surface area contributed by atoms with Crippen molar-refractivity contribution in [1.29, 1.82) is 0 Å². The highest BCUT2D eigenvalue weighted by atomic mass is 79.9. The molecule has 5 nitrogen and oxygen atoms in total. The SMILES string of the molecule is COc1cccc(C(=O)Nc2ccnn2Cc2ccc(Br)cc2)c1. The fourth-order valence-electron chi connectivity index (χ4n) is 2.28. The van der Waals surface area contributed by atoms with E-state index in [-0.39, 0.29) is 5.91 Å². The largest absolute Gasteiger partial charge is 0.497 e. The van der Waals surface area contributed by atoms with Crippen LogP contribution in [-0.2, 0) is 6.54 Å². The highest BCUT2D eigenvalue weighted by molar-refractivity contribution is 9.10. The van der Waals surface area contributed by atoms with E-state index in [1.165, 1.54) is 0 Å². The van der Waals surface area contributed by atoms with Crippen LogP contribution in [0.1, 0.15) is 15.9 Å². The van der Waals surface area contributed by atoms with Crippen molar-refractivity contribution < 1.29 is 9.53 Å². The first-order chi connectivity index (χ1) is 11.7. The van der Waals surface area contributed by atoms with Crippen LogP contribution in [0.3, 0.4) is 0 Å². The molecule has 1 aromatic heterocycles. The molecule has 0 bridgehead atoms. The zero-order chi connectivity index (χ0) is 16.9. The topological polar surface area (TPSA) is 56.1 Å². The first-order valence-electron chi connectivity index (χ1n) is 7.37. The maximum atomic E-state index is 12.4. The predicted molar refractivity (Wildman–Crippen MR) is 96.4 cm³/mol. The lowest BCUT2D eigenvalue weighted by atomic mass is 10.2. The molecular weight excluding hydrogens is 370 g/mol. The molecule has 0 spiro atoms. The normalized spacial score (nSPS) is 10.4. The zero-order valence-electron chi connectivity index (χ0n) is 13.1. The van der Waals surface area contributed by atoms with E-state index in [2.05, 4.69) is 26.3 Å². The van der Waals surface area contributed by atoms with Gasteiger partial charge >= 0.3 is 0 Å². The number of carbonyl (C=O) groups is 1. The molecule has 3 aromatic rings. The lowest BCUT2D eigenvalue weighted by Gasteiger charge is -2.10. The zero-order valence-corrected chi connectivity index (χ0v) is 14.7. The first kappa shape index (κ1) is 16.3. The summed E-state index contributed by atoms with van der Waals surface area (Å²) < 4.78 is 7.93. The maximum absolute atomic E-state index is 12.4. The van der Waals surface area contributed by atoms with Crippen molar-refractivity contribution in [2.24, 2.45) is 0 Å². The van der Waals surface area contributed by atoms with Crippen LogP contribution in [0.5, 0.6) is 5.75 Å². The van der Waals surface area contributed by atoms with E-state index in [1.54, 1.807) is 48.3 Å². The molecule has 0 saturated heterocycles. The molecular formula is C18H16BrN3O2. The van der Waals surface area contributed by atoms with E-state index < -0.39 is 0 Å². The van der Waals surface area contributed by atoms with Crippen LogP contribution >= 0.6 is 15.9 Å². The number of carbonyl (C=O) groups excluding carboxylic acids is 1. The fourth-order valence-corrected chi connectivity index (χ4v) is 2.54. The average molecular weight is 386 g/mol. The number of halogens is 1. The van der Waals surface area contributed by atoms with Gasteiger partial charge in [0.15, 0.2) is 0 Å². The molecule has 3 rings (SSSR count). The number of hydrogen-bond donors (Lipinski definition) is 1. The number of benzene rings is 2. The Morgan fingerprint density at radius 2 is 2.00 bits per heavy atom. The molecule has 0 unspecified atom stereocenters. The molecule has 0 radical (unpaired) electrons. The van der Waals surface area contributed by atoms with Crippen LogP contribution in [0.25, 0.3) is 0 Å². The highest BCUT2D eigenvalue weighted by Crippen LogP contribution is 2.16. The van der Waals surface area contributed by atoms with Gasteiger partial charge in [-0.1, -0.05) is 34.1 Å². The minimum atomic E-state index is -0.202. The van der Waals surface area contributed by atoms with Gasteiger partial charge in [-0.15, -0.1) is 0 Å². The van der Waals surface area contributed by atoms with Crippen molar-refractivity contribution in [2.75, 3.05) is 12.4 Å².